The zero-order chi connectivity index (χ0) is 18.9. The van der Waals surface area contributed by atoms with Gasteiger partial charge in [-0.2, -0.15) is 22.0 Å². The summed E-state index contributed by atoms with van der Waals surface area (Å²) < 4.78 is 1.77. The molecule has 28 heavy (non-hydrogen) atoms. The highest BCUT2D eigenvalue weighted by molar-refractivity contribution is 7.98. The number of anilines is 1. The van der Waals surface area contributed by atoms with Crippen molar-refractivity contribution in [1.29, 1.82) is 0 Å². The first-order chi connectivity index (χ1) is 13.8. The van der Waals surface area contributed by atoms with E-state index in [1.54, 1.807) is 4.68 Å². The third-order valence-corrected chi connectivity index (χ3v) is 7.34. The molecule has 1 saturated carbocycles. The van der Waals surface area contributed by atoms with Gasteiger partial charge in [0.15, 0.2) is 0 Å². The van der Waals surface area contributed by atoms with Crippen molar-refractivity contribution < 1.29 is 0 Å². The number of hydrogen-bond donors (Lipinski definition) is 1. The van der Waals surface area contributed by atoms with Crippen molar-refractivity contribution in [3.63, 3.8) is 0 Å². The Morgan fingerprint density at radius 2 is 1.82 bits per heavy atom. The van der Waals surface area contributed by atoms with Gasteiger partial charge in [-0.15, -0.1) is 5.10 Å². The molecule has 0 spiro atoms. The van der Waals surface area contributed by atoms with Gasteiger partial charge in [-0.3, -0.25) is 4.79 Å². The van der Waals surface area contributed by atoms with Crippen LogP contribution in [0.1, 0.15) is 67.1 Å². The summed E-state index contributed by atoms with van der Waals surface area (Å²) in [6.45, 7) is 0. The molecule has 0 amide bonds. The maximum absolute atomic E-state index is 12.6. The topological polar surface area (TPSA) is 72.7 Å². The van der Waals surface area contributed by atoms with Gasteiger partial charge in [0.1, 0.15) is 5.82 Å². The number of hydrogen-bond acceptors (Lipinski definition) is 6. The smallest absolute Gasteiger partial charge is 0.267 e. The van der Waals surface area contributed by atoms with E-state index in [4.69, 9.17) is 5.10 Å². The molecule has 1 aliphatic heterocycles. The van der Waals surface area contributed by atoms with E-state index in [0.717, 1.165) is 73.7 Å². The summed E-state index contributed by atoms with van der Waals surface area (Å²) in [5.41, 5.74) is 4.88. The van der Waals surface area contributed by atoms with E-state index in [9.17, 15) is 4.79 Å². The Kier molecular flexibility index (Phi) is 5.09. The Morgan fingerprint density at radius 1 is 0.964 bits per heavy atom. The first-order valence-corrected chi connectivity index (χ1v) is 11.7. The second-order valence-electron chi connectivity index (χ2n) is 8.26. The lowest BCUT2D eigenvalue weighted by atomic mass is 9.91. The summed E-state index contributed by atoms with van der Waals surface area (Å²) in [5, 5.41) is 17.1. The molecule has 2 aliphatic carbocycles. The molecule has 6 nitrogen and oxygen atoms in total. The van der Waals surface area contributed by atoms with Gasteiger partial charge in [0.25, 0.3) is 5.56 Å². The van der Waals surface area contributed by atoms with Crippen molar-refractivity contribution >= 4 is 17.6 Å². The van der Waals surface area contributed by atoms with Gasteiger partial charge in [-0.1, -0.05) is 0 Å². The Hall–Kier alpha value is -1.89. The lowest BCUT2D eigenvalue weighted by molar-refractivity contribution is 0.300. The van der Waals surface area contributed by atoms with Crippen LogP contribution in [0, 0.1) is 0 Å². The number of aromatic nitrogens is 4. The molecule has 3 aliphatic rings. The normalized spacial score (nSPS) is 24.3. The molecule has 148 valence electrons. The molecule has 1 fully saturated rings. The Bertz CT molecular complexity index is 919. The fourth-order valence-corrected chi connectivity index (χ4v) is 5.68. The summed E-state index contributed by atoms with van der Waals surface area (Å²) in [4.78, 5) is 12.6. The highest BCUT2D eigenvalue weighted by Crippen LogP contribution is 2.30. The number of nitrogens with zero attached hydrogens (tertiary/aromatic N) is 4. The van der Waals surface area contributed by atoms with Crippen LogP contribution in [-0.4, -0.2) is 31.8 Å². The summed E-state index contributed by atoms with van der Waals surface area (Å²) in [5.74, 6) is 3.09. The highest BCUT2D eigenvalue weighted by Gasteiger charge is 2.25. The Labute approximate surface area is 169 Å². The first kappa shape index (κ1) is 18.2. The van der Waals surface area contributed by atoms with Gasteiger partial charge in [-0.05, 0) is 74.3 Å². The van der Waals surface area contributed by atoms with Crippen LogP contribution in [0.2, 0.25) is 0 Å². The molecule has 1 N–H and O–H groups in total. The SMILES string of the molecule is O=c1cc2c(nn1C1CCC(Nc3cc4c(nn3)CCSC4)CC1)CCCC2. The largest absolute Gasteiger partial charge is 0.366 e. The molecule has 0 radical (unpaired) electrons. The molecule has 0 saturated heterocycles. The lowest BCUT2D eigenvalue weighted by Crippen LogP contribution is -2.34. The zero-order valence-corrected chi connectivity index (χ0v) is 17.0. The van der Waals surface area contributed by atoms with Gasteiger partial charge >= 0.3 is 0 Å². The monoisotopic (exact) mass is 397 g/mol. The average molecular weight is 398 g/mol. The van der Waals surface area contributed by atoms with E-state index < -0.39 is 0 Å². The van der Waals surface area contributed by atoms with E-state index in [2.05, 4.69) is 21.6 Å². The van der Waals surface area contributed by atoms with E-state index in [1.165, 1.54) is 24.0 Å². The average Bonchev–Trinajstić information content (AvgIpc) is 2.74. The van der Waals surface area contributed by atoms with Crippen molar-refractivity contribution in [2.75, 3.05) is 11.1 Å². The molecule has 0 atom stereocenters. The molecule has 0 aromatic carbocycles. The molecule has 5 rings (SSSR count). The molecule has 2 aromatic heterocycles. The fraction of sp³-hybridized carbons (Fsp3) is 0.619. The summed E-state index contributed by atoms with van der Waals surface area (Å²) >= 11 is 1.97. The first-order valence-electron chi connectivity index (χ1n) is 10.6. The summed E-state index contributed by atoms with van der Waals surface area (Å²) in [7, 11) is 0. The second-order valence-corrected chi connectivity index (χ2v) is 9.37. The van der Waals surface area contributed by atoms with Gasteiger partial charge in [-0.25, -0.2) is 4.68 Å². The van der Waals surface area contributed by atoms with Crippen LogP contribution in [-0.2, 0) is 25.0 Å². The van der Waals surface area contributed by atoms with Crippen LogP contribution >= 0.6 is 11.8 Å². The minimum Gasteiger partial charge on any atom is -0.366 e. The summed E-state index contributed by atoms with van der Waals surface area (Å²) in [6, 6.07) is 4.64. The third kappa shape index (κ3) is 3.69. The fourth-order valence-electron chi connectivity index (χ4n) is 4.73. The lowest BCUT2D eigenvalue weighted by Gasteiger charge is -2.30. The molecule has 2 aromatic rings. The van der Waals surface area contributed by atoms with Gasteiger partial charge < -0.3 is 5.32 Å². The number of thioether (sulfide) groups is 1. The van der Waals surface area contributed by atoms with Crippen LogP contribution in [0.25, 0.3) is 0 Å². The van der Waals surface area contributed by atoms with Crippen molar-refractivity contribution in [3.8, 4) is 0 Å². The van der Waals surface area contributed by atoms with Crippen LogP contribution in [0.5, 0.6) is 0 Å². The van der Waals surface area contributed by atoms with Gasteiger partial charge in [0.05, 0.1) is 17.4 Å². The molecular formula is C21H27N5OS. The van der Waals surface area contributed by atoms with Crippen LogP contribution in [0.3, 0.4) is 0 Å². The standard InChI is InChI=1S/C21H27N5OS/c27-21-12-14-3-1-2-4-19(14)25-26(21)17-7-5-16(6-8-17)22-20-11-15-13-28-10-9-18(15)23-24-20/h11-12,16-17H,1-10,13H2,(H,22,24). The number of rotatable bonds is 3. The van der Waals surface area contributed by atoms with E-state index in [-0.39, 0.29) is 11.6 Å². The van der Waals surface area contributed by atoms with E-state index >= 15 is 0 Å². The number of nitrogens with one attached hydrogen (secondary N) is 1. The maximum Gasteiger partial charge on any atom is 0.267 e. The van der Waals surface area contributed by atoms with E-state index in [1.807, 2.05) is 17.8 Å². The number of aryl methyl sites for hydroxylation is 3. The van der Waals surface area contributed by atoms with Crippen LogP contribution in [0.4, 0.5) is 5.82 Å². The zero-order valence-electron chi connectivity index (χ0n) is 16.2. The second kappa shape index (κ2) is 7.85. The molecule has 0 unspecified atom stereocenters. The van der Waals surface area contributed by atoms with Crippen molar-refractivity contribution in [3.05, 3.63) is 45.0 Å². The maximum atomic E-state index is 12.6. The Balaban J connectivity index is 1.24. The minimum absolute atomic E-state index is 0.0788. The van der Waals surface area contributed by atoms with Crippen LogP contribution < -0.4 is 10.9 Å². The Morgan fingerprint density at radius 3 is 2.71 bits per heavy atom. The third-order valence-electron chi connectivity index (χ3n) is 6.33. The van der Waals surface area contributed by atoms with Crippen molar-refractivity contribution in [1.82, 2.24) is 20.0 Å². The quantitative estimate of drug-likeness (QED) is 0.857. The van der Waals surface area contributed by atoms with Crippen molar-refractivity contribution in [2.45, 2.75) is 75.6 Å². The molecule has 3 heterocycles. The van der Waals surface area contributed by atoms with Gasteiger partial charge in [0, 0.05) is 24.3 Å². The van der Waals surface area contributed by atoms with E-state index in [0.29, 0.717) is 6.04 Å². The molecule has 0 bridgehead atoms. The van der Waals surface area contributed by atoms with Crippen molar-refractivity contribution in [2.24, 2.45) is 0 Å². The summed E-state index contributed by atoms with van der Waals surface area (Å²) in [6.07, 6.45) is 9.45. The molecular weight excluding hydrogens is 370 g/mol. The predicted octanol–water partition coefficient (Wildman–Crippen LogP) is 3.30. The highest BCUT2D eigenvalue weighted by atomic mass is 32.2. The minimum atomic E-state index is 0.0788. The van der Waals surface area contributed by atoms with Crippen LogP contribution in [0.15, 0.2) is 16.9 Å². The number of fused-ring (bicyclic) bond motifs is 2. The molecule has 7 heteroatoms. The predicted molar refractivity (Wildman–Crippen MR) is 112 cm³/mol. The van der Waals surface area contributed by atoms with Gasteiger partial charge in [0.2, 0.25) is 0 Å².